The van der Waals surface area contributed by atoms with Gasteiger partial charge in [-0.2, -0.15) is 0 Å². The molecular formula is C82H64N2. The lowest BCUT2D eigenvalue weighted by Crippen LogP contribution is -2.27. The summed E-state index contributed by atoms with van der Waals surface area (Å²) in [7, 11) is 0. The van der Waals surface area contributed by atoms with Crippen LogP contribution in [-0.4, -0.2) is 4.57 Å². The molecule has 0 spiro atoms. The van der Waals surface area contributed by atoms with Crippen molar-refractivity contribution >= 4 is 51.0 Å². The Morgan fingerprint density at radius 2 is 0.786 bits per heavy atom. The minimum absolute atomic E-state index is 0.326. The minimum atomic E-state index is -0.326. The van der Waals surface area contributed by atoms with Gasteiger partial charge in [-0.1, -0.05) is 257 Å². The van der Waals surface area contributed by atoms with E-state index in [1.54, 1.807) is 0 Å². The summed E-state index contributed by atoms with van der Waals surface area (Å²) < 4.78 is 2.42. The molecule has 0 radical (unpaired) electrons. The van der Waals surface area contributed by atoms with Gasteiger partial charge in [0, 0.05) is 38.9 Å². The van der Waals surface area contributed by atoms with Crippen LogP contribution in [0.3, 0.4) is 0 Å². The van der Waals surface area contributed by atoms with E-state index in [4.69, 9.17) is 0 Å². The van der Waals surface area contributed by atoms with Gasteiger partial charge in [-0.15, -0.1) is 0 Å². The van der Waals surface area contributed by atoms with Crippen LogP contribution in [0.4, 0.5) is 17.1 Å². The van der Waals surface area contributed by atoms with Crippen molar-refractivity contribution < 1.29 is 0 Å². The maximum Gasteiger partial charge on any atom is 0.0541 e. The van der Waals surface area contributed by atoms with Gasteiger partial charge in [0.15, 0.2) is 0 Å². The van der Waals surface area contributed by atoms with Crippen molar-refractivity contribution in [3.8, 4) is 61.3 Å². The number of hydrogen-bond acceptors (Lipinski definition) is 1. The van der Waals surface area contributed by atoms with Crippen LogP contribution in [0.2, 0.25) is 0 Å². The Kier molecular flexibility index (Phi) is 13.9. The molecule has 84 heavy (non-hydrogen) atoms. The van der Waals surface area contributed by atoms with E-state index >= 15 is 0 Å². The van der Waals surface area contributed by atoms with Crippen LogP contribution in [0.5, 0.6) is 0 Å². The van der Waals surface area contributed by atoms with E-state index in [9.17, 15) is 0 Å². The van der Waals surface area contributed by atoms with E-state index in [1.807, 2.05) is 12.2 Å². The monoisotopic (exact) mass is 1080 g/mol. The molecule has 0 N–H and O–H groups in total. The Labute approximate surface area is 494 Å². The van der Waals surface area contributed by atoms with Crippen LogP contribution < -0.4 is 4.90 Å². The highest BCUT2D eigenvalue weighted by atomic mass is 15.1. The molecule has 1 aliphatic carbocycles. The molecule has 0 saturated carbocycles. The molecule has 1 atom stereocenters. The maximum atomic E-state index is 3.96. The Hall–Kier alpha value is -10.3. The number of fused-ring (bicyclic) bond motifs is 6. The SMILES string of the molecule is C=Cc1ccc(CCCCCC2(c3ccccc3)c3ccccc3-c3ccc(N(c4ccc(-c5ccccc5)cc4)c4ccc(-c5ccc6c(c5)c5cc(-c7ccccc7)ccc5n6-c5ccc(-c6ccc(C=C)cc6)cc5)cc4)cc32)cc1. The smallest absolute Gasteiger partial charge is 0.0541 e. The van der Waals surface area contributed by atoms with E-state index in [2.05, 4.69) is 314 Å². The lowest BCUT2D eigenvalue weighted by atomic mass is 9.69. The van der Waals surface area contributed by atoms with Crippen molar-refractivity contribution in [1.29, 1.82) is 0 Å². The Balaban J connectivity index is 0.851. The van der Waals surface area contributed by atoms with Gasteiger partial charge in [-0.25, -0.2) is 0 Å². The highest BCUT2D eigenvalue weighted by molar-refractivity contribution is 6.11. The molecule has 402 valence electrons. The average Bonchev–Trinajstić information content (AvgIpc) is 1.92. The highest BCUT2D eigenvalue weighted by Gasteiger charge is 2.44. The number of benzene rings is 12. The molecule has 2 nitrogen and oxygen atoms in total. The van der Waals surface area contributed by atoms with Crippen molar-refractivity contribution in [1.82, 2.24) is 4.57 Å². The molecular weight excluding hydrogens is 1010 g/mol. The van der Waals surface area contributed by atoms with E-state index in [1.165, 1.54) is 99.7 Å². The zero-order valence-electron chi connectivity index (χ0n) is 47.2. The first-order valence-corrected chi connectivity index (χ1v) is 29.6. The van der Waals surface area contributed by atoms with Gasteiger partial charge >= 0.3 is 0 Å². The largest absolute Gasteiger partial charge is 0.310 e. The molecule has 14 rings (SSSR count). The number of aryl methyl sites for hydroxylation is 1. The normalized spacial score (nSPS) is 13.4. The summed E-state index contributed by atoms with van der Waals surface area (Å²) in [5, 5.41) is 2.44. The quantitative estimate of drug-likeness (QED) is 0.0825. The fraction of sp³-hybridized carbons (Fsp3) is 0.0732. The summed E-state index contributed by atoms with van der Waals surface area (Å²) in [4.78, 5) is 2.46. The Morgan fingerprint density at radius 1 is 0.345 bits per heavy atom. The molecule has 13 aromatic rings. The van der Waals surface area contributed by atoms with Crippen molar-refractivity contribution in [3.63, 3.8) is 0 Å². The van der Waals surface area contributed by atoms with Crippen molar-refractivity contribution in [3.05, 3.63) is 338 Å². The highest BCUT2D eigenvalue weighted by Crippen LogP contribution is 2.56. The van der Waals surface area contributed by atoms with Crippen molar-refractivity contribution in [2.24, 2.45) is 0 Å². The Morgan fingerprint density at radius 3 is 1.36 bits per heavy atom. The first-order valence-electron chi connectivity index (χ1n) is 29.6. The van der Waals surface area contributed by atoms with Crippen LogP contribution in [0, 0.1) is 0 Å². The molecule has 1 aromatic heterocycles. The van der Waals surface area contributed by atoms with Crippen LogP contribution in [0.25, 0.3) is 95.3 Å². The van der Waals surface area contributed by atoms with Gasteiger partial charge in [-0.3, -0.25) is 0 Å². The summed E-state index contributed by atoms with van der Waals surface area (Å²) in [5.74, 6) is 0. The fourth-order valence-electron chi connectivity index (χ4n) is 13.2. The van der Waals surface area contributed by atoms with Crippen molar-refractivity contribution in [2.75, 3.05) is 4.90 Å². The van der Waals surface area contributed by atoms with Gasteiger partial charge < -0.3 is 9.47 Å². The van der Waals surface area contributed by atoms with Gasteiger partial charge in [0.1, 0.15) is 0 Å². The standard InChI is InChI=1S/C82H64N2/c1-3-58-28-30-60(31-29-58)19-9-8-18-54-82(69-24-14-7-15-25-69)78-27-17-16-26-74(78)75-51-50-73(57-79(75)82)83(70-44-36-64(37-45-70)61-20-10-5-11-21-61)71-46-40-66(41-47-71)68-43-53-81-77(56-68)76-55-67(62-22-12-6-13-23-62)42-52-80(76)84(81)72-48-38-65(39-49-72)63-34-32-59(4-2)33-35-63/h3-7,10-17,20-53,55-57H,1-2,8-9,18-19,54H2. The zero-order valence-corrected chi connectivity index (χ0v) is 47.2. The predicted molar refractivity (Wildman–Crippen MR) is 358 cm³/mol. The number of aromatic nitrogens is 1. The fourth-order valence-corrected chi connectivity index (χ4v) is 13.2. The second-order valence-corrected chi connectivity index (χ2v) is 22.4. The summed E-state index contributed by atoms with van der Waals surface area (Å²) in [6.45, 7) is 7.90. The predicted octanol–water partition coefficient (Wildman–Crippen LogP) is 22.3. The van der Waals surface area contributed by atoms with Crippen LogP contribution in [0.15, 0.2) is 304 Å². The van der Waals surface area contributed by atoms with E-state index < -0.39 is 0 Å². The van der Waals surface area contributed by atoms with Gasteiger partial charge in [0.05, 0.1) is 11.0 Å². The van der Waals surface area contributed by atoms with E-state index in [0.29, 0.717) is 0 Å². The van der Waals surface area contributed by atoms with Crippen LogP contribution >= 0.6 is 0 Å². The molecule has 1 heterocycles. The van der Waals surface area contributed by atoms with Gasteiger partial charge in [0.2, 0.25) is 0 Å². The lowest BCUT2D eigenvalue weighted by Gasteiger charge is -2.34. The number of rotatable bonds is 17. The third-order valence-corrected chi connectivity index (χ3v) is 17.6. The van der Waals surface area contributed by atoms with E-state index in [0.717, 1.165) is 66.0 Å². The lowest BCUT2D eigenvalue weighted by molar-refractivity contribution is 0.518. The van der Waals surface area contributed by atoms with Gasteiger partial charge in [0.25, 0.3) is 0 Å². The summed E-state index contributed by atoms with van der Waals surface area (Å²) in [6.07, 6.45) is 9.28. The molecule has 0 saturated heterocycles. The van der Waals surface area contributed by atoms with Crippen LogP contribution in [-0.2, 0) is 11.8 Å². The second-order valence-electron chi connectivity index (χ2n) is 22.4. The summed E-state index contributed by atoms with van der Waals surface area (Å²) in [5.41, 5.74) is 26.4. The first kappa shape index (κ1) is 51.8. The first-order chi connectivity index (χ1) is 41.5. The number of anilines is 3. The number of unbranched alkanes of at least 4 members (excludes halogenated alkanes) is 2. The molecule has 0 aliphatic heterocycles. The molecule has 0 amide bonds. The molecule has 12 aromatic carbocycles. The summed E-state index contributed by atoms with van der Waals surface area (Å²) in [6, 6.07) is 108. The maximum absolute atomic E-state index is 3.96. The van der Waals surface area contributed by atoms with E-state index in [-0.39, 0.29) is 5.41 Å². The molecule has 0 fully saturated rings. The molecule has 2 heteroatoms. The minimum Gasteiger partial charge on any atom is -0.310 e. The Bertz CT molecular complexity index is 4480. The third-order valence-electron chi connectivity index (χ3n) is 17.6. The third kappa shape index (κ3) is 9.66. The molecule has 0 bridgehead atoms. The zero-order chi connectivity index (χ0) is 56.4. The van der Waals surface area contributed by atoms with Crippen molar-refractivity contribution in [2.45, 2.75) is 37.5 Å². The topological polar surface area (TPSA) is 8.17 Å². The number of nitrogens with zero attached hydrogens (tertiary/aromatic N) is 2. The van der Waals surface area contributed by atoms with Gasteiger partial charge in [-0.05, 0) is 181 Å². The molecule has 1 unspecified atom stereocenters. The average molecular weight is 1080 g/mol. The second kappa shape index (κ2) is 22.6. The molecule has 1 aliphatic rings. The number of hydrogen-bond donors (Lipinski definition) is 0. The summed E-state index contributed by atoms with van der Waals surface area (Å²) >= 11 is 0. The van der Waals surface area contributed by atoms with Crippen LogP contribution in [0.1, 0.15) is 59.1 Å².